The Labute approximate surface area is 142 Å². The molecule has 3 aromatic rings. The standard InChI is InChI=1S/C17H15N5OS/c1-11(23)20-13-5-2-4-12(8-13)14-9-15(16-6-3-7-24-16)22-17(21-14)18-10-19-22/h2-10,15H,1H3,(H,20,23)(H,18,19,21)/t15-/m0/s1. The number of fused-ring (bicyclic) bond motifs is 1. The van der Waals surface area contributed by atoms with Crippen LogP contribution in [-0.2, 0) is 4.79 Å². The Morgan fingerprint density at radius 1 is 1.33 bits per heavy atom. The zero-order chi connectivity index (χ0) is 16.5. The quantitative estimate of drug-likeness (QED) is 0.769. The van der Waals surface area contributed by atoms with E-state index < -0.39 is 0 Å². The van der Waals surface area contributed by atoms with E-state index in [-0.39, 0.29) is 11.9 Å². The van der Waals surface area contributed by atoms with Gasteiger partial charge >= 0.3 is 0 Å². The summed E-state index contributed by atoms with van der Waals surface area (Å²) in [4.78, 5) is 16.8. The molecule has 0 unspecified atom stereocenters. The van der Waals surface area contributed by atoms with Crippen molar-refractivity contribution in [2.75, 3.05) is 10.6 Å². The van der Waals surface area contributed by atoms with Gasteiger partial charge in [0.1, 0.15) is 12.4 Å². The number of hydrogen-bond donors (Lipinski definition) is 2. The van der Waals surface area contributed by atoms with Gasteiger partial charge in [0.2, 0.25) is 11.9 Å². The molecule has 1 aromatic carbocycles. The molecule has 1 aliphatic rings. The van der Waals surface area contributed by atoms with Gasteiger partial charge in [0.15, 0.2) is 0 Å². The number of anilines is 2. The van der Waals surface area contributed by atoms with Crippen LogP contribution in [0.3, 0.4) is 0 Å². The van der Waals surface area contributed by atoms with E-state index in [9.17, 15) is 4.79 Å². The first kappa shape index (κ1) is 14.6. The second kappa shape index (κ2) is 5.93. The second-order valence-electron chi connectivity index (χ2n) is 5.46. The SMILES string of the molecule is CC(=O)Nc1cccc(C2=C[C@@H](c3cccs3)n3ncnc3N2)c1. The maximum Gasteiger partial charge on any atom is 0.226 e. The van der Waals surface area contributed by atoms with Crippen molar-refractivity contribution in [2.45, 2.75) is 13.0 Å². The molecule has 0 spiro atoms. The minimum Gasteiger partial charge on any atom is -0.326 e. The molecule has 0 saturated carbocycles. The summed E-state index contributed by atoms with van der Waals surface area (Å²) in [6, 6.07) is 11.9. The normalized spacial score (nSPS) is 16.0. The van der Waals surface area contributed by atoms with Gasteiger partial charge < -0.3 is 10.6 Å². The Bertz CT molecular complexity index is 913. The van der Waals surface area contributed by atoms with Crippen molar-refractivity contribution in [3.8, 4) is 0 Å². The molecule has 1 amide bonds. The summed E-state index contributed by atoms with van der Waals surface area (Å²) in [5.74, 6) is 0.616. The molecule has 0 bridgehead atoms. The molecule has 2 N–H and O–H groups in total. The van der Waals surface area contributed by atoms with Crippen molar-refractivity contribution in [1.82, 2.24) is 14.8 Å². The van der Waals surface area contributed by atoms with Crippen molar-refractivity contribution < 1.29 is 4.79 Å². The molecule has 0 saturated heterocycles. The van der Waals surface area contributed by atoms with Crippen molar-refractivity contribution in [3.63, 3.8) is 0 Å². The molecule has 7 heteroatoms. The van der Waals surface area contributed by atoms with Crippen molar-refractivity contribution in [2.24, 2.45) is 0 Å². The Morgan fingerprint density at radius 3 is 3.04 bits per heavy atom. The lowest BCUT2D eigenvalue weighted by Crippen LogP contribution is -2.19. The largest absolute Gasteiger partial charge is 0.326 e. The van der Waals surface area contributed by atoms with E-state index in [0.29, 0.717) is 5.95 Å². The average molecular weight is 337 g/mol. The number of nitrogens with one attached hydrogen (secondary N) is 2. The number of amides is 1. The highest BCUT2D eigenvalue weighted by Gasteiger charge is 2.24. The summed E-state index contributed by atoms with van der Waals surface area (Å²) in [7, 11) is 0. The van der Waals surface area contributed by atoms with Gasteiger partial charge in [-0.25, -0.2) is 4.68 Å². The summed E-state index contributed by atoms with van der Waals surface area (Å²) >= 11 is 1.69. The van der Waals surface area contributed by atoms with E-state index >= 15 is 0 Å². The number of allylic oxidation sites excluding steroid dienone is 1. The predicted octanol–water partition coefficient (Wildman–Crippen LogP) is 3.35. The lowest BCUT2D eigenvalue weighted by molar-refractivity contribution is -0.114. The number of rotatable bonds is 3. The number of carbonyl (C=O) groups is 1. The maximum absolute atomic E-state index is 11.3. The van der Waals surface area contributed by atoms with E-state index in [1.165, 1.54) is 11.8 Å². The zero-order valence-electron chi connectivity index (χ0n) is 12.9. The summed E-state index contributed by atoms with van der Waals surface area (Å²) in [5.41, 5.74) is 2.69. The topological polar surface area (TPSA) is 71.8 Å². The Morgan fingerprint density at radius 2 is 2.25 bits per heavy atom. The number of nitrogens with zero attached hydrogens (tertiary/aromatic N) is 3. The molecule has 0 radical (unpaired) electrons. The lowest BCUT2D eigenvalue weighted by Gasteiger charge is -2.23. The third-order valence-electron chi connectivity index (χ3n) is 3.74. The molecule has 3 heterocycles. The number of hydrogen-bond acceptors (Lipinski definition) is 5. The van der Waals surface area contributed by atoms with Gasteiger partial charge in [-0.3, -0.25) is 4.79 Å². The number of benzene rings is 1. The summed E-state index contributed by atoms with van der Waals surface area (Å²) in [5, 5.41) is 12.5. The van der Waals surface area contributed by atoms with Crippen LogP contribution in [0.4, 0.5) is 11.6 Å². The van der Waals surface area contributed by atoms with Crippen LogP contribution in [-0.4, -0.2) is 20.7 Å². The first-order valence-electron chi connectivity index (χ1n) is 7.50. The van der Waals surface area contributed by atoms with Crippen LogP contribution in [0.25, 0.3) is 5.70 Å². The molecule has 0 fully saturated rings. The van der Waals surface area contributed by atoms with Gasteiger partial charge in [-0.2, -0.15) is 10.1 Å². The minimum absolute atomic E-state index is 0.00294. The highest BCUT2D eigenvalue weighted by Crippen LogP contribution is 2.34. The van der Waals surface area contributed by atoms with Crippen molar-refractivity contribution >= 4 is 34.6 Å². The van der Waals surface area contributed by atoms with E-state index in [4.69, 9.17) is 0 Å². The first-order valence-corrected chi connectivity index (χ1v) is 8.38. The molecular weight excluding hydrogens is 322 g/mol. The molecular formula is C17H15N5OS. The maximum atomic E-state index is 11.3. The van der Waals surface area contributed by atoms with Gasteiger partial charge in [0, 0.05) is 23.2 Å². The van der Waals surface area contributed by atoms with Crippen LogP contribution < -0.4 is 10.6 Å². The number of carbonyl (C=O) groups excluding carboxylic acids is 1. The molecule has 0 aliphatic carbocycles. The van der Waals surface area contributed by atoms with E-state index in [1.54, 1.807) is 17.7 Å². The van der Waals surface area contributed by atoms with Gasteiger partial charge in [-0.15, -0.1) is 11.3 Å². The summed E-state index contributed by atoms with van der Waals surface area (Å²) in [6.45, 7) is 1.50. The monoisotopic (exact) mass is 337 g/mol. The fourth-order valence-electron chi connectivity index (χ4n) is 2.73. The van der Waals surface area contributed by atoms with Crippen LogP contribution in [0.2, 0.25) is 0 Å². The Kier molecular flexibility index (Phi) is 3.62. The highest BCUT2D eigenvalue weighted by molar-refractivity contribution is 7.10. The third kappa shape index (κ3) is 2.69. The van der Waals surface area contributed by atoms with Crippen LogP contribution >= 0.6 is 11.3 Å². The number of aromatic nitrogens is 3. The Hall–Kier alpha value is -2.93. The molecule has 1 atom stereocenters. The van der Waals surface area contributed by atoms with Crippen LogP contribution in [0.15, 0.2) is 54.2 Å². The van der Waals surface area contributed by atoms with Crippen LogP contribution in [0.5, 0.6) is 0 Å². The van der Waals surface area contributed by atoms with Crippen LogP contribution in [0.1, 0.15) is 23.4 Å². The van der Waals surface area contributed by atoms with Gasteiger partial charge in [0.05, 0.1) is 0 Å². The van der Waals surface area contributed by atoms with E-state index in [1.807, 2.05) is 35.0 Å². The first-order chi connectivity index (χ1) is 11.7. The Balaban J connectivity index is 1.74. The zero-order valence-corrected chi connectivity index (χ0v) is 13.7. The van der Waals surface area contributed by atoms with Gasteiger partial charge in [0.25, 0.3) is 0 Å². The van der Waals surface area contributed by atoms with E-state index in [2.05, 4.69) is 38.2 Å². The molecule has 6 nitrogen and oxygen atoms in total. The smallest absolute Gasteiger partial charge is 0.226 e. The fraction of sp³-hybridized carbons (Fsp3) is 0.118. The molecule has 4 rings (SSSR count). The molecule has 120 valence electrons. The predicted molar refractivity (Wildman–Crippen MR) is 94.8 cm³/mol. The summed E-state index contributed by atoms with van der Waals surface area (Å²) < 4.78 is 1.87. The second-order valence-corrected chi connectivity index (χ2v) is 6.44. The van der Waals surface area contributed by atoms with Gasteiger partial charge in [-0.1, -0.05) is 18.2 Å². The molecule has 1 aliphatic heterocycles. The third-order valence-corrected chi connectivity index (χ3v) is 4.68. The minimum atomic E-state index is -0.0889. The lowest BCUT2D eigenvalue weighted by atomic mass is 10.1. The van der Waals surface area contributed by atoms with Crippen molar-refractivity contribution in [3.05, 3.63) is 64.6 Å². The van der Waals surface area contributed by atoms with Crippen molar-refractivity contribution in [1.29, 1.82) is 0 Å². The van der Waals surface area contributed by atoms with Crippen LogP contribution in [0, 0.1) is 0 Å². The number of thiophene rings is 1. The summed E-state index contributed by atoms with van der Waals surface area (Å²) in [6.07, 6.45) is 3.67. The molecule has 24 heavy (non-hydrogen) atoms. The van der Waals surface area contributed by atoms with E-state index in [0.717, 1.165) is 16.9 Å². The van der Waals surface area contributed by atoms with Gasteiger partial charge in [-0.05, 0) is 35.2 Å². The highest BCUT2D eigenvalue weighted by atomic mass is 32.1. The average Bonchev–Trinajstić information content (AvgIpc) is 3.25. The molecule has 2 aromatic heterocycles. The fourth-order valence-corrected chi connectivity index (χ4v) is 3.51.